The molecule has 0 saturated carbocycles. The summed E-state index contributed by atoms with van der Waals surface area (Å²) in [6, 6.07) is 11.2. The van der Waals surface area contributed by atoms with Gasteiger partial charge in [-0.05, 0) is 36.2 Å². The molecule has 0 spiro atoms. The second-order valence-electron chi connectivity index (χ2n) is 7.24. The molecular formula is C24H27NO5. The number of hydrogen-bond donors (Lipinski definition) is 2. The number of unbranched alkanes of at least 4 members (excludes halogenated alkanes) is 4. The van der Waals surface area contributed by atoms with Crippen molar-refractivity contribution in [1.29, 1.82) is 0 Å². The van der Waals surface area contributed by atoms with Crippen molar-refractivity contribution in [2.75, 3.05) is 13.2 Å². The van der Waals surface area contributed by atoms with E-state index in [0.717, 1.165) is 12.8 Å². The summed E-state index contributed by atoms with van der Waals surface area (Å²) in [4.78, 5) is 24.7. The van der Waals surface area contributed by atoms with Crippen LogP contribution in [-0.2, 0) is 4.79 Å². The molecule has 2 aromatic carbocycles. The molecule has 6 heteroatoms. The average molecular weight is 409 g/mol. The van der Waals surface area contributed by atoms with Gasteiger partial charge in [0.05, 0.1) is 10.9 Å². The predicted molar refractivity (Wildman–Crippen MR) is 117 cm³/mol. The highest BCUT2D eigenvalue weighted by atomic mass is 16.5. The standard InChI is InChI=1S/C24H27NO5/c1-2-3-4-5-6-13-25-23(27)16-29-19-11-12-20-22(14-19)30-15-21(24(20)28)17-7-9-18(26)10-8-17/h7-12,14-15,26H,2-6,13,16H2,1H3,(H,25,27). The number of aromatic hydroxyl groups is 1. The summed E-state index contributed by atoms with van der Waals surface area (Å²) in [6.07, 6.45) is 7.10. The van der Waals surface area contributed by atoms with Crippen LogP contribution in [0.5, 0.6) is 11.5 Å². The van der Waals surface area contributed by atoms with E-state index in [2.05, 4.69) is 12.2 Å². The molecule has 1 aromatic heterocycles. The van der Waals surface area contributed by atoms with Gasteiger partial charge in [0.1, 0.15) is 23.3 Å². The van der Waals surface area contributed by atoms with E-state index >= 15 is 0 Å². The fraction of sp³-hybridized carbons (Fsp3) is 0.333. The number of fused-ring (bicyclic) bond motifs is 1. The topological polar surface area (TPSA) is 88.8 Å². The minimum absolute atomic E-state index is 0.0870. The van der Waals surface area contributed by atoms with Crippen molar-refractivity contribution >= 4 is 16.9 Å². The highest BCUT2D eigenvalue weighted by molar-refractivity contribution is 5.83. The van der Waals surface area contributed by atoms with Crippen LogP contribution in [0.15, 0.2) is 57.9 Å². The summed E-state index contributed by atoms with van der Waals surface area (Å²) in [5.74, 6) is 0.419. The molecule has 30 heavy (non-hydrogen) atoms. The maximum absolute atomic E-state index is 12.8. The van der Waals surface area contributed by atoms with Crippen LogP contribution in [0.2, 0.25) is 0 Å². The van der Waals surface area contributed by atoms with Crippen LogP contribution in [0.25, 0.3) is 22.1 Å². The highest BCUT2D eigenvalue weighted by Crippen LogP contribution is 2.24. The van der Waals surface area contributed by atoms with Gasteiger partial charge in [-0.2, -0.15) is 0 Å². The molecule has 3 rings (SSSR count). The molecule has 0 atom stereocenters. The lowest BCUT2D eigenvalue weighted by atomic mass is 10.1. The third-order valence-corrected chi connectivity index (χ3v) is 4.90. The number of hydrogen-bond acceptors (Lipinski definition) is 5. The maximum atomic E-state index is 12.8. The minimum Gasteiger partial charge on any atom is -0.508 e. The molecule has 1 heterocycles. The first-order valence-corrected chi connectivity index (χ1v) is 10.3. The molecular weight excluding hydrogens is 382 g/mol. The summed E-state index contributed by atoms with van der Waals surface area (Å²) in [5, 5.41) is 12.7. The maximum Gasteiger partial charge on any atom is 0.257 e. The second kappa shape index (κ2) is 10.5. The van der Waals surface area contributed by atoms with E-state index in [1.807, 2.05) is 0 Å². The third-order valence-electron chi connectivity index (χ3n) is 4.90. The van der Waals surface area contributed by atoms with Crippen LogP contribution in [0.4, 0.5) is 0 Å². The smallest absolute Gasteiger partial charge is 0.257 e. The lowest BCUT2D eigenvalue weighted by Crippen LogP contribution is -2.29. The zero-order chi connectivity index (χ0) is 21.3. The first-order chi connectivity index (χ1) is 14.6. The van der Waals surface area contributed by atoms with Crippen LogP contribution in [-0.4, -0.2) is 24.2 Å². The van der Waals surface area contributed by atoms with E-state index in [1.165, 1.54) is 37.7 Å². The van der Waals surface area contributed by atoms with Crippen LogP contribution in [0, 0.1) is 0 Å². The fourth-order valence-corrected chi connectivity index (χ4v) is 3.19. The van der Waals surface area contributed by atoms with Gasteiger partial charge < -0.3 is 19.6 Å². The molecule has 0 aliphatic rings. The summed E-state index contributed by atoms with van der Waals surface area (Å²) in [6.45, 7) is 2.74. The zero-order valence-electron chi connectivity index (χ0n) is 17.1. The van der Waals surface area contributed by atoms with Gasteiger partial charge in [0.2, 0.25) is 0 Å². The molecule has 6 nitrogen and oxygen atoms in total. The monoisotopic (exact) mass is 409 g/mol. The van der Waals surface area contributed by atoms with Crippen molar-refractivity contribution in [3.8, 4) is 22.6 Å². The number of rotatable bonds is 10. The Morgan fingerprint density at radius 1 is 1.07 bits per heavy atom. The summed E-state index contributed by atoms with van der Waals surface area (Å²) in [7, 11) is 0. The number of carbonyl (C=O) groups excluding carboxylic acids is 1. The van der Waals surface area contributed by atoms with Crippen molar-refractivity contribution in [1.82, 2.24) is 5.32 Å². The van der Waals surface area contributed by atoms with E-state index in [0.29, 0.717) is 34.4 Å². The molecule has 0 fully saturated rings. The molecule has 0 saturated heterocycles. The van der Waals surface area contributed by atoms with E-state index < -0.39 is 0 Å². The van der Waals surface area contributed by atoms with Crippen molar-refractivity contribution in [2.24, 2.45) is 0 Å². The van der Waals surface area contributed by atoms with Gasteiger partial charge in [-0.3, -0.25) is 9.59 Å². The van der Waals surface area contributed by atoms with Gasteiger partial charge in [0, 0.05) is 12.6 Å². The van der Waals surface area contributed by atoms with E-state index in [4.69, 9.17) is 9.15 Å². The second-order valence-corrected chi connectivity index (χ2v) is 7.24. The summed E-state index contributed by atoms with van der Waals surface area (Å²) < 4.78 is 11.2. The number of phenols is 1. The van der Waals surface area contributed by atoms with Gasteiger partial charge in [-0.1, -0.05) is 44.7 Å². The summed E-state index contributed by atoms with van der Waals surface area (Å²) >= 11 is 0. The molecule has 2 N–H and O–H groups in total. The molecule has 3 aromatic rings. The number of benzene rings is 2. The Balaban J connectivity index is 1.59. The lowest BCUT2D eigenvalue weighted by Gasteiger charge is -2.08. The molecule has 158 valence electrons. The molecule has 0 aliphatic heterocycles. The van der Waals surface area contributed by atoms with Gasteiger partial charge in [0.25, 0.3) is 5.91 Å². The summed E-state index contributed by atoms with van der Waals surface area (Å²) in [5.41, 5.74) is 1.29. The van der Waals surface area contributed by atoms with E-state index in [-0.39, 0.29) is 23.7 Å². The largest absolute Gasteiger partial charge is 0.508 e. The SMILES string of the molecule is CCCCCCCNC(=O)COc1ccc2c(=O)c(-c3ccc(O)cc3)coc2c1. The van der Waals surface area contributed by atoms with Gasteiger partial charge >= 0.3 is 0 Å². The molecule has 0 unspecified atom stereocenters. The predicted octanol–water partition coefficient (Wildman–Crippen LogP) is 4.63. The number of phenolic OH excluding ortho intramolecular Hbond substituents is 1. The Labute approximate surface area is 175 Å². The molecule has 0 radical (unpaired) electrons. The minimum atomic E-state index is -0.172. The first-order valence-electron chi connectivity index (χ1n) is 10.3. The quantitative estimate of drug-likeness (QED) is 0.477. The van der Waals surface area contributed by atoms with E-state index in [9.17, 15) is 14.7 Å². The normalized spacial score (nSPS) is 10.8. The zero-order valence-corrected chi connectivity index (χ0v) is 17.1. The molecule has 0 bridgehead atoms. The Morgan fingerprint density at radius 3 is 2.60 bits per heavy atom. The van der Waals surface area contributed by atoms with Crippen molar-refractivity contribution < 1.29 is 19.1 Å². The fourth-order valence-electron chi connectivity index (χ4n) is 3.19. The first kappa shape index (κ1) is 21.4. The molecule has 0 aliphatic carbocycles. The Kier molecular flexibility index (Phi) is 7.49. The number of amides is 1. The van der Waals surface area contributed by atoms with Crippen LogP contribution in [0.1, 0.15) is 39.0 Å². The third kappa shape index (κ3) is 5.63. The van der Waals surface area contributed by atoms with Crippen LogP contribution < -0.4 is 15.5 Å². The van der Waals surface area contributed by atoms with Crippen molar-refractivity contribution in [3.05, 3.63) is 59.0 Å². The highest BCUT2D eigenvalue weighted by Gasteiger charge is 2.11. The molecule has 1 amide bonds. The Morgan fingerprint density at radius 2 is 1.83 bits per heavy atom. The Hall–Kier alpha value is -3.28. The van der Waals surface area contributed by atoms with Gasteiger partial charge in [0.15, 0.2) is 12.0 Å². The van der Waals surface area contributed by atoms with Crippen molar-refractivity contribution in [3.63, 3.8) is 0 Å². The lowest BCUT2D eigenvalue weighted by molar-refractivity contribution is -0.123. The van der Waals surface area contributed by atoms with Crippen LogP contribution in [0.3, 0.4) is 0 Å². The van der Waals surface area contributed by atoms with Gasteiger partial charge in [-0.25, -0.2) is 0 Å². The van der Waals surface area contributed by atoms with E-state index in [1.54, 1.807) is 30.3 Å². The Bertz CT molecular complexity index is 1040. The number of nitrogens with one attached hydrogen (secondary N) is 1. The number of carbonyl (C=O) groups is 1. The van der Waals surface area contributed by atoms with Gasteiger partial charge in [-0.15, -0.1) is 0 Å². The van der Waals surface area contributed by atoms with Crippen molar-refractivity contribution in [2.45, 2.75) is 39.0 Å². The number of ether oxygens (including phenoxy) is 1. The average Bonchev–Trinajstić information content (AvgIpc) is 2.76. The van der Waals surface area contributed by atoms with Crippen LogP contribution >= 0.6 is 0 Å².